The van der Waals surface area contributed by atoms with E-state index in [0.717, 1.165) is 9.86 Å². The van der Waals surface area contributed by atoms with Gasteiger partial charge in [0.1, 0.15) is 0 Å². The van der Waals surface area contributed by atoms with Gasteiger partial charge >= 0.3 is 0 Å². The zero-order valence-electron chi connectivity index (χ0n) is 7.38. The van der Waals surface area contributed by atoms with Gasteiger partial charge in [-0.05, 0) is 35.0 Å². The number of phenolic OH excluding ortho intramolecular Hbond substituents is 1. The van der Waals surface area contributed by atoms with Crippen molar-refractivity contribution >= 4 is 26.8 Å². The molecule has 2 rings (SSSR count). The summed E-state index contributed by atoms with van der Waals surface area (Å²) in [6.07, 6.45) is 1.60. The van der Waals surface area contributed by atoms with Crippen molar-refractivity contribution < 1.29 is 9.50 Å². The molecule has 0 aliphatic heterocycles. The first-order chi connectivity index (χ1) is 6.59. The molecule has 1 N–H and O–H groups in total. The predicted molar refractivity (Wildman–Crippen MR) is 55.8 cm³/mol. The molecule has 0 radical (unpaired) electrons. The fourth-order valence-electron chi connectivity index (χ4n) is 1.39. The number of aromatic hydroxyl groups is 1. The molecule has 0 amide bonds. The second kappa shape index (κ2) is 3.20. The van der Waals surface area contributed by atoms with Crippen LogP contribution >= 0.6 is 15.9 Å². The van der Waals surface area contributed by atoms with Gasteiger partial charge in [0.05, 0.1) is 5.52 Å². The Morgan fingerprint density at radius 2 is 2.14 bits per heavy atom. The van der Waals surface area contributed by atoms with Crippen LogP contribution in [0, 0.1) is 12.7 Å². The molecule has 0 saturated heterocycles. The van der Waals surface area contributed by atoms with Crippen molar-refractivity contribution in [2.75, 3.05) is 0 Å². The summed E-state index contributed by atoms with van der Waals surface area (Å²) >= 11 is 3.26. The molecule has 0 saturated carbocycles. The molecule has 0 atom stereocenters. The normalized spacial score (nSPS) is 10.8. The Morgan fingerprint density at radius 1 is 1.43 bits per heavy atom. The molecule has 1 heterocycles. The maximum absolute atomic E-state index is 13.3. The van der Waals surface area contributed by atoms with Gasteiger partial charge in [-0.1, -0.05) is 0 Å². The Kier molecular flexibility index (Phi) is 2.15. The first-order valence-corrected chi connectivity index (χ1v) is 4.82. The number of rotatable bonds is 0. The zero-order chi connectivity index (χ0) is 10.3. The van der Waals surface area contributed by atoms with E-state index in [0.29, 0.717) is 11.1 Å². The van der Waals surface area contributed by atoms with E-state index in [1.54, 1.807) is 19.2 Å². The van der Waals surface area contributed by atoms with Gasteiger partial charge in [-0.3, -0.25) is 4.98 Å². The summed E-state index contributed by atoms with van der Waals surface area (Å²) in [5, 5.41) is 9.99. The van der Waals surface area contributed by atoms with Crippen LogP contribution < -0.4 is 0 Å². The molecule has 0 unspecified atom stereocenters. The molecular weight excluding hydrogens is 249 g/mol. The van der Waals surface area contributed by atoms with Crippen molar-refractivity contribution in [2.45, 2.75) is 6.92 Å². The number of hydrogen-bond donors (Lipinski definition) is 1. The standard InChI is InChI=1S/C10H7BrFNO/c1-5-9(12)8(14)3-6-2-7(11)4-13-10(5)6/h2-4,14H,1H3. The predicted octanol–water partition coefficient (Wildman–Crippen LogP) is 3.15. The number of halogens is 2. The summed E-state index contributed by atoms with van der Waals surface area (Å²) in [6.45, 7) is 1.60. The molecule has 2 aromatic rings. The van der Waals surface area contributed by atoms with E-state index in [4.69, 9.17) is 0 Å². The summed E-state index contributed by atoms with van der Waals surface area (Å²) < 4.78 is 14.1. The highest BCUT2D eigenvalue weighted by Gasteiger charge is 2.09. The van der Waals surface area contributed by atoms with Crippen LogP contribution in [0.25, 0.3) is 10.9 Å². The summed E-state index contributed by atoms with van der Waals surface area (Å²) in [4.78, 5) is 4.08. The van der Waals surface area contributed by atoms with Gasteiger partial charge in [0.25, 0.3) is 0 Å². The zero-order valence-corrected chi connectivity index (χ0v) is 8.97. The van der Waals surface area contributed by atoms with Crippen LogP contribution in [0.3, 0.4) is 0 Å². The van der Waals surface area contributed by atoms with E-state index in [9.17, 15) is 9.50 Å². The SMILES string of the molecule is Cc1c(F)c(O)cc2cc(Br)cnc12. The number of hydrogen-bond acceptors (Lipinski definition) is 2. The summed E-state index contributed by atoms with van der Waals surface area (Å²) in [7, 11) is 0. The molecule has 0 aliphatic carbocycles. The molecule has 4 heteroatoms. The van der Waals surface area contributed by atoms with Gasteiger partial charge in [-0.25, -0.2) is 4.39 Å². The number of pyridine rings is 1. The smallest absolute Gasteiger partial charge is 0.169 e. The summed E-state index contributed by atoms with van der Waals surface area (Å²) in [5.74, 6) is -0.942. The maximum Gasteiger partial charge on any atom is 0.169 e. The quantitative estimate of drug-likeness (QED) is 0.785. The number of fused-ring (bicyclic) bond motifs is 1. The average molecular weight is 256 g/mol. The lowest BCUT2D eigenvalue weighted by Gasteiger charge is -2.04. The minimum absolute atomic E-state index is 0.338. The lowest BCUT2D eigenvalue weighted by molar-refractivity contribution is 0.431. The van der Waals surface area contributed by atoms with Crippen LogP contribution in [0.1, 0.15) is 5.56 Å². The lowest BCUT2D eigenvalue weighted by Crippen LogP contribution is -1.89. The Bertz CT molecular complexity index is 513. The third-order valence-electron chi connectivity index (χ3n) is 2.09. The van der Waals surface area contributed by atoms with E-state index in [-0.39, 0.29) is 5.75 Å². The Labute approximate surface area is 88.5 Å². The second-order valence-electron chi connectivity index (χ2n) is 3.06. The molecule has 0 spiro atoms. The van der Waals surface area contributed by atoms with Gasteiger partial charge in [-0.15, -0.1) is 0 Å². The first kappa shape index (κ1) is 9.40. The fraction of sp³-hybridized carbons (Fsp3) is 0.100. The Hall–Kier alpha value is -1.16. The van der Waals surface area contributed by atoms with Crippen molar-refractivity contribution in [1.82, 2.24) is 4.98 Å². The summed E-state index contributed by atoms with van der Waals surface area (Å²) in [5.41, 5.74) is 0.941. The highest BCUT2D eigenvalue weighted by Crippen LogP contribution is 2.28. The van der Waals surface area contributed by atoms with E-state index in [2.05, 4.69) is 20.9 Å². The van der Waals surface area contributed by atoms with E-state index in [1.165, 1.54) is 6.07 Å². The van der Waals surface area contributed by atoms with Crippen molar-refractivity contribution in [3.63, 3.8) is 0 Å². The third kappa shape index (κ3) is 1.35. The minimum Gasteiger partial charge on any atom is -0.505 e. The number of benzene rings is 1. The molecule has 14 heavy (non-hydrogen) atoms. The van der Waals surface area contributed by atoms with Gasteiger partial charge in [0.2, 0.25) is 0 Å². The molecule has 0 aliphatic rings. The van der Waals surface area contributed by atoms with Crippen LogP contribution in [0.2, 0.25) is 0 Å². The van der Waals surface area contributed by atoms with E-state index < -0.39 is 5.82 Å². The monoisotopic (exact) mass is 255 g/mol. The number of nitrogens with zero attached hydrogens (tertiary/aromatic N) is 1. The number of aryl methyl sites for hydroxylation is 1. The molecule has 2 nitrogen and oxygen atoms in total. The van der Waals surface area contributed by atoms with Gasteiger partial charge in [-0.2, -0.15) is 0 Å². The minimum atomic E-state index is -0.604. The lowest BCUT2D eigenvalue weighted by atomic mass is 10.1. The summed E-state index contributed by atoms with van der Waals surface area (Å²) in [6, 6.07) is 3.16. The average Bonchev–Trinajstić information content (AvgIpc) is 2.14. The van der Waals surface area contributed by atoms with Gasteiger partial charge in [0, 0.05) is 21.6 Å². The number of phenols is 1. The Morgan fingerprint density at radius 3 is 2.86 bits per heavy atom. The molecule has 0 fully saturated rings. The van der Waals surface area contributed by atoms with Crippen LogP contribution in [-0.2, 0) is 0 Å². The number of aromatic nitrogens is 1. The van der Waals surface area contributed by atoms with Crippen molar-refractivity contribution in [3.8, 4) is 5.75 Å². The van der Waals surface area contributed by atoms with Crippen molar-refractivity contribution in [3.05, 3.63) is 34.2 Å². The highest BCUT2D eigenvalue weighted by molar-refractivity contribution is 9.10. The molecule has 0 bridgehead atoms. The Balaban J connectivity index is 2.91. The topological polar surface area (TPSA) is 33.1 Å². The van der Waals surface area contributed by atoms with Crippen LogP contribution in [0.5, 0.6) is 5.75 Å². The molecule has 1 aromatic heterocycles. The first-order valence-electron chi connectivity index (χ1n) is 4.03. The van der Waals surface area contributed by atoms with E-state index >= 15 is 0 Å². The molecular formula is C10H7BrFNO. The molecule has 72 valence electrons. The molecule has 1 aromatic carbocycles. The van der Waals surface area contributed by atoms with Gasteiger partial charge < -0.3 is 5.11 Å². The van der Waals surface area contributed by atoms with E-state index in [1.807, 2.05) is 0 Å². The van der Waals surface area contributed by atoms with Crippen molar-refractivity contribution in [2.24, 2.45) is 0 Å². The largest absolute Gasteiger partial charge is 0.505 e. The van der Waals surface area contributed by atoms with Crippen LogP contribution in [0.15, 0.2) is 22.8 Å². The van der Waals surface area contributed by atoms with Crippen molar-refractivity contribution in [1.29, 1.82) is 0 Å². The fourth-order valence-corrected chi connectivity index (χ4v) is 1.73. The third-order valence-corrected chi connectivity index (χ3v) is 2.52. The highest BCUT2D eigenvalue weighted by atomic mass is 79.9. The second-order valence-corrected chi connectivity index (χ2v) is 3.98. The maximum atomic E-state index is 13.3. The van der Waals surface area contributed by atoms with Crippen LogP contribution in [0.4, 0.5) is 4.39 Å². The van der Waals surface area contributed by atoms with Crippen LogP contribution in [-0.4, -0.2) is 10.1 Å². The van der Waals surface area contributed by atoms with Gasteiger partial charge in [0.15, 0.2) is 11.6 Å².